The maximum atomic E-state index is 11.6. The van der Waals surface area contributed by atoms with Crippen molar-refractivity contribution in [3.8, 4) is 0 Å². The van der Waals surface area contributed by atoms with E-state index < -0.39 is 21.5 Å². The average Bonchev–Trinajstić information content (AvgIpc) is 2.61. The molecular weight excluding hydrogens is 535 g/mol. The minimum absolute atomic E-state index is 0. The Morgan fingerprint density at radius 3 is 1.95 bits per heavy atom. The van der Waals surface area contributed by atoms with E-state index in [1.807, 2.05) is 0 Å². The summed E-state index contributed by atoms with van der Waals surface area (Å²) in [6.45, 7) is 0. The van der Waals surface area contributed by atoms with Gasteiger partial charge in [-0.2, -0.15) is 0 Å². The molecular formula is C8HBr4LiO5S. The molecule has 0 saturated carbocycles. The van der Waals surface area contributed by atoms with Crippen LogP contribution in [-0.4, -0.2) is 18.9 Å². The van der Waals surface area contributed by atoms with Crippen LogP contribution in [0.3, 0.4) is 0 Å². The first-order chi connectivity index (χ1) is 8.16. The summed E-state index contributed by atoms with van der Waals surface area (Å²) in [5.41, 5.74) is -1.83. The van der Waals surface area contributed by atoms with Gasteiger partial charge >= 0.3 is 24.8 Å². The average molecular weight is 536 g/mol. The summed E-state index contributed by atoms with van der Waals surface area (Å²) in [5, 5.41) is 0. The molecule has 0 spiro atoms. The van der Waals surface area contributed by atoms with E-state index in [0.717, 1.165) is 0 Å². The van der Waals surface area contributed by atoms with Crippen molar-refractivity contribution in [2.75, 3.05) is 0 Å². The van der Waals surface area contributed by atoms with Crippen LogP contribution in [0.2, 0.25) is 0 Å². The summed E-state index contributed by atoms with van der Waals surface area (Å²) in [4.78, 5) is 11.6. The molecule has 1 aliphatic heterocycles. The maximum Gasteiger partial charge on any atom is 1.00 e. The van der Waals surface area contributed by atoms with Crippen LogP contribution in [0.25, 0.3) is 0 Å². The van der Waals surface area contributed by atoms with Crippen molar-refractivity contribution in [2.24, 2.45) is 0 Å². The molecule has 0 N–H and O–H groups in total. The Bertz CT molecular complexity index is 674. The van der Waals surface area contributed by atoms with Gasteiger partial charge in [0.2, 0.25) is 5.44 Å². The molecule has 19 heavy (non-hydrogen) atoms. The second-order valence-corrected chi connectivity index (χ2v) is 7.86. The van der Waals surface area contributed by atoms with E-state index in [2.05, 4.69) is 68.5 Å². The summed E-state index contributed by atoms with van der Waals surface area (Å²) in [7, 11) is -4.80. The van der Waals surface area contributed by atoms with Gasteiger partial charge in [0.25, 0.3) is 0 Å². The molecule has 0 bridgehead atoms. The minimum Gasteiger partial charge on any atom is -0.745 e. The van der Waals surface area contributed by atoms with Crippen molar-refractivity contribution in [1.82, 2.24) is 0 Å². The first-order valence-corrected chi connectivity index (χ1v) is 8.82. The summed E-state index contributed by atoms with van der Waals surface area (Å²) in [5.74, 6) is -0.866. The molecule has 0 aromatic heterocycles. The van der Waals surface area contributed by atoms with Crippen LogP contribution in [0.5, 0.6) is 0 Å². The molecule has 0 aliphatic carbocycles. The van der Waals surface area contributed by atoms with Crippen LogP contribution in [0.1, 0.15) is 21.4 Å². The predicted molar refractivity (Wildman–Crippen MR) is 75.1 cm³/mol. The van der Waals surface area contributed by atoms with Crippen molar-refractivity contribution in [2.45, 2.75) is 5.44 Å². The van der Waals surface area contributed by atoms with Crippen molar-refractivity contribution in [3.63, 3.8) is 0 Å². The maximum absolute atomic E-state index is 11.6. The molecule has 0 amide bonds. The molecule has 1 aromatic carbocycles. The minimum atomic E-state index is -4.80. The van der Waals surface area contributed by atoms with E-state index >= 15 is 0 Å². The van der Waals surface area contributed by atoms with E-state index in [1.165, 1.54) is 0 Å². The fourth-order valence-electron chi connectivity index (χ4n) is 1.49. The monoisotopic (exact) mass is 532 g/mol. The number of carbonyl (C=O) groups is 1. The largest absolute Gasteiger partial charge is 1.00 e. The van der Waals surface area contributed by atoms with Gasteiger partial charge in [-0.25, -0.2) is 13.2 Å². The molecule has 1 atom stereocenters. The first kappa shape index (κ1) is 18.2. The summed E-state index contributed by atoms with van der Waals surface area (Å²) in [6, 6.07) is 0. The van der Waals surface area contributed by atoms with Crippen molar-refractivity contribution >= 4 is 79.8 Å². The summed E-state index contributed by atoms with van der Waals surface area (Å²) in [6.07, 6.45) is 0. The SMILES string of the molecule is O=C1OC(S(=O)(=O)[O-])c2c(Br)c(Br)c(Br)c(Br)c21.[Li+]. The second kappa shape index (κ2) is 6.08. The van der Waals surface area contributed by atoms with Gasteiger partial charge in [-0.15, -0.1) is 0 Å². The number of esters is 1. The molecule has 1 aliphatic rings. The Balaban J connectivity index is 0.00000180. The van der Waals surface area contributed by atoms with E-state index in [4.69, 9.17) is 0 Å². The fraction of sp³-hybridized carbons (Fsp3) is 0.125. The van der Waals surface area contributed by atoms with E-state index in [0.29, 0.717) is 13.4 Å². The molecule has 98 valence electrons. The molecule has 0 radical (unpaired) electrons. The Labute approximate surface area is 154 Å². The van der Waals surface area contributed by atoms with Gasteiger partial charge in [-0.3, -0.25) is 0 Å². The Kier molecular flexibility index (Phi) is 5.82. The van der Waals surface area contributed by atoms with Gasteiger partial charge in [-0.1, -0.05) is 0 Å². The normalized spacial score (nSPS) is 17.7. The third-order valence-corrected chi connectivity index (χ3v) is 7.87. The summed E-state index contributed by atoms with van der Waals surface area (Å²) >= 11 is 12.7. The van der Waals surface area contributed by atoms with Crippen LogP contribution < -0.4 is 18.9 Å². The molecule has 1 heterocycles. The van der Waals surface area contributed by atoms with Crippen LogP contribution in [0.15, 0.2) is 17.9 Å². The third kappa shape index (κ3) is 3.01. The molecule has 5 nitrogen and oxygen atoms in total. The molecule has 0 saturated heterocycles. The van der Waals surface area contributed by atoms with Crippen molar-refractivity contribution < 1.29 is 41.4 Å². The number of halogens is 4. The zero-order valence-corrected chi connectivity index (χ0v) is 16.2. The van der Waals surface area contributed by atoms with E-state index in [1.54, 1.807) is 0 Å². The zero-order chi connectivity index (χ0) is 13.8. The van der Waals surface area contributed by atoms with Crippen molar-refractivity contribution in [3.05, 3.63) is 29.0 Å². The van der Waals surface area contributed by atoms with Crippen LogP contribution in [0, 0.1) is 0 Å². The van der Waals surface area contributed by atoms with Crippen molar-refractivity contribution in [1.29, 1.82) is 0 Å². The summed E-state index contributed by atoms with van der Waals surface area (Å²) < 4.78 is 39.5. The predicted octanol–water partition coefficient (Wildman–Crippen LogP) is 0.455. The number of hydrogen-bond acceptors (Lipinski definition) is 5. The molecule has 1 unspecified atom stereocenters. The zero-order valence-electron chi connectivity index (χ0n) is 9.04. The molecule has 1 aromatic rings. The van der Waals surface area contributed by atoms with Gasteiger partial charge in [0.05, 0.1) is 5.56 Å². The topological polar surface area (TPSA) is 83.5 Å². The number of rotatable bonds is 1. The fourth-order valence-corrected chi connectivity index (χ4v) is 4.89. The Morgan fingerprint density at radius 2 is 1.47 bits per heavy atom. The molecule has 2 rings (SSSR count). The first-order valence-electron chi connectivity index (χ1n) is 4.17. The van der Waals surface area contributed by atoms with Gasteiger partial charge in [0.15, 0.2) is 0 Å². The van der Waals surface area contributed by atoms with Gasteiger partial charge < -0.3 is 9.29 Å². The van der Waals surface area contributed by atoms with Crippen LogP contribution in [0.4, 0.5) is 0 Å². The standard InChI is InChI=1S/C8H2Br4O5S.Li/c9-3-1-2(4(10)6(12)5(3)11)8(17-7(1)13)18(14,15)16;/h8H,(H,14,15,16);/q;+1/p-1. The number of ether oxygens (including phenoxy) is 1. The Morgan fingerprint density at radius 1 is 1.00 bits per heavy atom. The third-order valence-electron chi connectivity index (χ3n) is 2.22. The number of hydrogen-bond donors (Lipinski definition) is 0. The van der Waals surface area contributed by atoms with Gasteiger partial charge in [0.1, 0.15) is 10.1 Å². The number of fused-ring (bicyclic) bond motifs is 1. The van der Waals surface area contributed by atoms with Gasteiger partial charge in [0, 0.05) is 23.5 Å². The van der Waals surface area contributed by atoms with Crippen LogP contribution in [-0.2, 0) is 14.9 Å². The van der Waals surface area contributed by atoms with Gasteiger partial charge in [-0.05, 0) is 63.7 Å². The quantitative estimate of drug-likeness (QED) is 0.172. The number of cyclic esters (lactones) is 1. The number of carbonyl (C=O) groups excluding carboxylic acids is 1. The molecule has 0 fully saturated rings. The van der Waals surface area contributed by atoms with E-state index in [9.17, 15) is 17.8 Å². The smallest absolute Gasteiger partial charge is 0.745 e. The van der Waals surface area contributed by atoms with E-state index in [-0.39, 0.29) is 34.5 Å². The Hall–Kier alpha value is 1.12. The molecule has 11 heteroatoms. The second-order valence-electron chi connectivity index (χ2n) is 3.27. The van der Waals surface area contributed by atoms with Crippen LogP contribution >= 0.6 is 63.7 Å². The number of benzene rings is 1.